The normalized spacial score (nSPS) is 34.8. The number of amides is 3. The van der Waals surface area contributed by atoms with Crippen molar-refractivity contribution in [2.75, 3.05) is 29.5 Å². The summed E-state index contributed by atoms with van der Waals surface area (Å²) in [5.41, 5.74) is 6.29. The van der Waals surface area contributed by atoms with Gasteiger partial charge in [0.25, 0.3) is 11.8 Å². The van der Waals surface area contributed by atoms with Crippen LogP contribution in [-0.4, -0.2) is 65.9 Å². The fraction of sp³-hybridized carbons (Fsp3) is 0.710. The van der Waals surface area contributed by atoms with Crippen molar-refractivity contribution >= 4 is 29.3 Å². The van der Waals surface area contributed by atoms with Crippen LogP contribution in [0.3, 0.4) is 0 Å². The summed E-state index contributed by atoms with van der Waals surface area (Å²) in [5, 5.41) is 0. The first-order chi connectivity index (χ1) is 18.8. The molecule has 4 aliphatic carbocycles. The molecule has 4 saturated carbocycles. The van der Waals surface area contributed by atoms with Crippen LogP contribution in [0.4, 0.5) is 16.2 Å². The van der Waals surface area contributed by atoms with E-state index in [4.69, 9.17) is 15.2 Å². The van der Waals surface area contributed by atoms with Crippen molar-refractivity contribution < 1.29 is 23.9 Å². The van der Waals surface area contributed by atoms with Crippen LogP contribution in [0.2, 0.25) is 0 Å². The van der Waals surface area contributed by atoms with Crippen molar-refractivity contribution in [2.45, 2.75) is 96.6 Å². The Morgan fingerprint density at radius 3 is 2.05 bits per heavy atom. The largest absolute Gasteiger partial charge is 0.444 e. The molecule has 1 saturated heterocycles. The molecule has 2 N–H and O–H groups in total. The van der Waals surface area contributed by atoms with E-state index in [1.54, 1.807) is 9.80 Å². The van der Waals surface area contributed by atoms with Crippen LogP contribution in [-0.2, 0) is 19.1 Å². The highest BCUT2D eigenvalue weighted by Gasteiger charge is 2.53. The Bertz CT molecular complexity index is 1170. The molecule has 0 spiro atoms. The predicted octanol–water partition coefficient (Wildman–Crippen LogP) is 4.28. The van der Waals surface area contributed by atoms with E-state index < -0.39 is 35.4 Å². The monoisotopic (exact) mass is 552 g/mol. The quantitative estimate of drug-likeness (QED) is 0.559. The van der Waals surface area contributed by atoms with Gasteiger partial charge in [-0.1, -0.05) is 12.1 Å². The van der Waals surface area contributed by atoms with Gasteiger partial charge < -0.3 is 25.0 Å². The highest BCUT2D eigenvalue weighted by molar-refractivity contribution is 6.20. The van der Waals surface area contributed by atoms with Crippen LogP contribution in [0, 0.1) is 23.2 Å². The van der Waals surface area contributed by atoms with Crippen molar-refractivity contribution in [3.05, 3.63) is 24.3 Å². The Morgan fingerprint density at radius 2 is 1.50 bits per heavy atom. The van der Waals surface area contributed by atoms with Crippen LogP contribution in [0.5, 0.6) is 0 Å². The van der Waals surface area contributed by atoms with Crippen LogP contribution < -0.4 is 15.5 Å². The molecule has 2 heterocycles. The highest BCUT2D eigenvalue weighted by Crippen LogP contribution is 2.60. The lowest BCUT2D eigenvalue weighted by Gasteiger charge is -2.57. The SMILES string of the molecule is CC(C)(C)OC(=O)N1[C@@H](CN2C(=O)C(N)C(=O)N(CC34CC5CC(CC(C5)C3)C4)c3ccccc32)COC1(C)C. The van der Waals surface area contributed by atoms with Crippen molar-refractivity contribution in [3.63, 3.8) is 0 Å². The number of carbonyl (C=O) groups excluding carboxylic acids is 3. The third-order valence-corrected chi connectivity index (χ3v) is 9.74. The molecule has 1 aromatic rings. The Labute approximate surface area is 237 Å². The zero-order valence-electron chi connectivity index (χ0n) is 24.5. The van der Waals surface area contributed by atoms with Crippen molar-refractivity contribution in [3.8, 4) is 0 Å². The molecule has 0 aromatic heterocycles. The summed E-state index contributed by atoms with van der Waals surface area (Å²) >= 11 is 0. The van der Waals surface area contributed by atoms with E-state index in [2.05, 4.69) is 0 Å². The molecule has 2 aliphatic heterocycles. The Balaban J connectivity index is 1.32. The number of nitrogens with two attached hydrogens (primary N) is 1. The van der Waals surface area contributed by atoms with Gasteiger partial charge >= 0.3 is 6.09 Å². The molecular formula is C31H44N4O5. The van der Waals surface area contributed by atoms with E-state index >= 15 is 0 Å². The zero-order valence-corrected chi connectivity index (χ0v) is 24.5. The van der Waals surface area contributed by atoms with Gasteiger partial charge in [0, 0.05) is 13.1 Å². The van der Waals surface area contributed by atoms with Crippen LogP contribution >= 0.6 is 0 Å². The minimum Gasteiger partial charge on any atom is -0.444 e. The number of benzene rings is 1. The molecule has 9 heteroatoms. The topological polar surface area (TPSA) is 105 Å². The van der Waals surface area contributed by atoms with Gasteiger partial charge in [0.1, 0.15) is 11.3 Å². The average Bonchev–Trinajstić information content (AvgIpc) is 3.13. The highest BCUT2D eigenvalue weighted by atomic mass is 16.6. The van der Waals surface area contributed by atoms with Gasteiger partial charge in [0.15, 0.2) is 6.04 Å². The van der Waals surface area contributed by atoms with Crippen molar-refractivity contribution in [1.82, 2.24) is 4.90 Å². The molecule has 3 amide bonds. The molecule has 1 unspecified atom stereocenters. The Kier molecular flexibility index (Phi) is 6.50. The maximum absolute atomic E-state index is 13.9. The van der Waals surface area contributed by atoms with E-state index in [0.717, 1.165) is 37.0 Å². The molecule has 1 aromatic carbocycles. The molecule has 40 heavy (non-hydrogen) atoms. The number of anilines is 2. The molecule has 9 nitrogen and oxygen atoms in total. The first kappa shape index (κ1) is 27.5. The number of carbonyl (C=O) groups is 3. The number of hydrogen-bond donors (Lipinski definition) is 1. The summed E-state index contributed by atoms with van der Waals surface area (Å²) in [5.74, 6) is 1.45. The van der Waals surface area contributed by atoms with Gasteiger partial charge in [-0.15, -0.1) is 0 Å². The number of para-hydroxylation sites is 2. The smallest absolute Gasteiger partial charge is 0.412 e. The van der Waals surface area contributed by atoms with Gasteiger partial charge in [-0.25, -0.2) is 4.79 Å². The summed E-state index contributed by atoms with van der Waals surface area (Å²) in [6, 6.07) is 5.80. The van der Waals surface area contributed by atoms with E-state index in [-0.39, 0.29) is 24.5 Å². The second-order valence-electron chi connectivity index (χ2n) is 14.5. The van der Waals surface area contributed by atoms with Gasteiger partial charge in [0.2, 0.25) is 0 Å². The fourth-order valence-electron chi connectivity index (χ4n) is 8.68. The first-order valence-electron chi connectivity index (χ1n) is 14.9. The minimum atomic E-state index is -1.31. The zero-order chi connectivity index (χ0) is 28.6. The Morgan fingerprint density at radius 1 is 0.975 bits per heavy atom. The molecule has 4 bridgehead atoms. The summed E-state index contributed by atoms with van der Waals surface area (Å²) in [4.78, 5) is 46.0. The Hall–Kier alpha value is -2.65. The maximum atomic E-state index is 13.9. The third-order valence-electron chi connectivity index (χ3n) is 9.74. The lowest BCUT2D eigenvalue weighted by molar-refractivity contribution is -0.129. The third kappa shape index (κ3) is 4.79. The number of hydrogen-bond acceptors (Lipinski definition) is 6. The number of rotatable bonds is 4. The van der Waals surface area contributed by atoms with Crippen molar-refractivity contribution in [2.24, 2.45) is 28.9 Å². The van der Waals surface area contributed by atoms with Crippen molar-refractivity contribution in [1.29, 1.82) is 0 Å². The summed E-state index contributed by atoms with van der Waals surface area (Å²) in [6.07, 6.45) is 6.92. The van der Waals surface area contributed by atoms with Crippen LogP contribution in [0.1, 0.15) is 73.1 Å². The fourth-order valence-corrected chi connectivity index (χ4v) is 8.68. The average molecular weight is 553 g/mol. The van der Waals surface area contributed by atoms with Crippen LogP contribution in [0.15, 0.2) is 24.3 Å². The van der Waals surface area contributed by atoms with Gasteiger partial charge in [-0.2, -0.15) is 0 Å². The summed E-state index contributed by atoms with van der Waals surface area (Å²) in [6.45, 7) is 10.1. The van der Waals surface area contributed by atoms with Gasteiger partial charge in [-0.05, 0) is 108 Å². The van der Waals surface area contributed by atoms with E-state index in [1.807, 2.05) is 63.8 Å². The second-order valence-corrected chi connectivity index (χ2v) is 14.5. The number of ether oxygens (including phenoxy) is 2. The molecule has 5 fully saturated rings. The molecular weight excluding hydrogens is 508 g/mol. The van der Waals surface area contributed by atoms with Gasteiger partial charge in [0.05, 0.1) is 24.0 Å². The molecule has 218 valence electrons. The van der Waals surface area contributed by atoms with Crippen LogP contribution in [0.25, 0.3) is 0 Å². The number of nitrogens with zero attached hydrogens (tertiary/aromatic N) is 3. The first-order valence-corrected chi connectivity index (χ1v) is 14.9. The second kappa shape index (κ2) is 9.44. The minimum absolute atomic E-state index is 0.0896. The predicted molar refractivity (Wildman–Crippen MR) is 152 cm³/mol. The van der Waals surface area contributed by atoms with Gasteiger partial charge in [-0.3, -0.25) is 14.5 Å². The summed E-state index contributed by atoms with van der Waals surface area (Å²) in [7, 11) is 0. The standard InChI is InChI=1S/C31H44N4O5/c1-29(2,3)40-28(38)35-22(17-39-30(35,4)5)16-33-23-8-6-7-9-24(23)34(27(37)25(32)26(33)36)18-31-13-19-10-20(14-31)12-21(11-19)15-31/h6-9,19-22,25H,10-18,32H2,1-5H3/t19?,20?,21?,22-,25?,31?/m0/s1. The number of fused-ring (bicyclic) bond motifs is 1. The van der Waals surface area contributed by atoms with E-state index in [0.29, 0.717) is 17.9 Å². The summed E-state index contributed by atoms with van der Waals surface area (Å²) < 4.78 is 11.7. The lowest BCUT2D eigenvalue weighted by Crippen LogP contribution is -2.57. The van der Waals surface area contributed by atoms with E-state index in [1.165, 1.54) is 19.3 Å². The molecule has 2 atom stereocenters. The molecule has 6 aliphatic rings. The maximum Gasteiger partial charge on any atom is 0.412 e. The lowest BCUT2D eigenvalue weighted by atomic mass is 9.49. The molecule has 7 rings (SSSR count). The molecule has 0 radical (unpaired) electrons. The van der Waals surface area contributed by atoms with E-state index in [9.17, 15) is 14.4 Å².